The third-order valence-corrected chi connectivity index (χ3v) is 3.64. The maximum absolute atomic E-state index is 12.3. The van der Waals surface area contributed by atoms with Crippen molar-refractivity contribution in [3.63, 3.8) is 0 Å². The molecule has 0 heterocycles. The smallest absolute Gasteiger partial charge is 0.185 e. The van der Waals surface area contributed by atoms with Crippen molar-refractivity contribution in [1.82, 2.24) is 0 Å². The summed E-state index contributed by atoms with van der Waals surface area (Å²) < 4.78 is 10.8. The van der Waals surface area contributed by atoms with Gasteiger partial charge in [0.15, 0.2) is 5.78 Å². The second-order valence-electron chi connectivity index (χ2n) is 5.06. The summed E-state index contributed by atoms with van der Waals surface area (Å²) in [4.78, 5) is 12.3. The maximum Gasteiger partial charge on any atom is 0.185 e. The van der Waals surface area contributed by atoms with Crippen LogP contribution in [-0.4, -0.2) is 27.1 Å². The summed E-state index contributed by atoms with van der Waals surface area (Å²) in [6, 6.07) is 11.1. The van der Waals surface area contributed by atoms with Crippen LogP contribution in [0.4, 0.5) is 5.69 Å². The van der Waals surface area contributed by atoms with Crippen molar-refractivity contribution in [3.05, 3.63) is 59.2 Å². The van der Waals surface area contributed by atoms with E-state index in [0.29, 0.717) is 17.1 Å². The molecule has 2 aromatic carbocycles. The van der Waals surface area contributed by atoms with E-state index in [-0.39, 0.29) is 5.78 Å². The van der Waals surface area contributed by atoms with Crippen LogP contribution in [0.25, 0.3) is 6.08 Å². The van der Waals surface area contributed by atoms with E-state index in [1.165, 1.54) is 6.08 Å². The van der Waals surface area contributed by atoms with Crippen LogP contribution in [0, 0.1) is 6.92 Å². The topological polar surface area (TPSA) is 47.6 Å². The van der Waals surface area contributed by atoms with E-state index in [9.17, 15) is 4.79 Å². The van der Waals surface area contributed by atoms with Gasteiger partial charge in [0.25, 0.3) is 0 Å². The lowest BCUT2D eigenvalue weighted by Crippen LogP contribution is -1.97. The van der Waals surface area contributed by atoms with E-state index < -0.39 is 0 Å². The zero-order valence-corrected chi connectivity index (χ0v) is 13.8. The molecule has 0 aliphatic carbocycles. The summed E-state index contributed by atoms with van der Waals surface area (Å²) in [6.07, 6.45) is 3.27. The number of allylic oxidation sites excluding steroid dienone is 1. The Morgan fingerprint density at radius 1 is 1.04 bits per heavy atom. The Hall–Kier alpha value is -2.75. The lowest BCUT2D eigenvalue weighted by Gasteiger charge is -2.12. The van der Waals surface area contributed by atoms with Gasteiger partial charge in [-0.15, -0.1) is 0 Å². The molecule has 4 nitrogen and oxygen atoms in total. The Morgan fingerprint density at radius 2 is 1.74 bits per heavy atom. The summed E-state index contributed by atoms with van der Waals surface area (Å²) in [7, 11) is 5.05. The SMILES string of the molecule is CNc1ccc(C(=O)/C=C/c2c(OC)ccc(C)c2OC)cc1. The lowest BCUT2D eigenvalue weighted by atomic mass is 10.1. The molecule has 0 aliphatic heterocycles. The number of methoxy groups -OCH3 is 2. The molecule has 0 bridgehead atoms. The molecular formula is C19H21NO3. The van der Waals surface area contributed by atoms with Gasteiger partial charge in [-0.05, 0) is 55.0 Å². The minimum atomic E-state index is -0.0711. The summed E-state index contributed by atoms with van der Waals surface area (Å²) in [5, 5.41) is 3.02. The predicted octanol–water partition coefficient (Wildman–Crippen LogP) is 3.95. The van der Waals surface area contributed by atoms with Gasteiger partial charge in [-0.25, -0.2) is 0 Å². The molecule has 0 unspecified atom stereocenters. The van der Waals surface area contributed by atoms with Gasteiger partial charge in [0.2, 0.25) is 0 Å². The second kappa shape index (κ2) is 7.49. The quantitative estimate of drug-likeness (QED) is 0.648. The third-order valence-electron chi connectivity index (χ3n) is 3.64. The molecule has 0 radical (unpaired) electrons. The fourth-order valence-corrected chi connectivity index (χ4v) is 2.35. The molecular weight excluding hydrogens is 290 g/mol. The molecule has 0 aliphatic rings. The first-order chi connectivity index (χ1) is 11.1. The van der Waals surface area contributed by atoms with Crippen LogP contribution in [0.5, 0.6) is 11.5 Å². The van der Waals surface area contributed by atoms with Crippen molar-refractivity contribution in [2.24, 2.45) is 0 Å². The molecule has 0 fully saturated rings. The molecule has 2 aromatic rings. The van der Waals surface area contributed by atoms with E-state index in [0.717, 1.165) is 16.8 Å². The fourth-order valence-electron chi connectivity index (χ4n) is 2.35. The molecule has 0 saturated carbocycles. The minimum Gasteiger partial charge on any atom is -0.496 e. The molecule has 0 amide bonds. The first-order valence-electron chi connectivity index (χ1n) is 7.32. The minimum absolute atomic E-state index is 0.0711. The first-order valence-corrected chi connectivity index (χ1v) is 7.32. The van der Waals surface area contributed by atoms with Crippen LogP contribution in [0.2, 0.25) is 0 Å². The number of ether oxygens (including phenoxy) is 2. The number of ketones is 1. The van der Waals surface area contributed by atoms with Crippen LogP contribution in [-0.2, 0) is 0 Å². The summed E-state index contributed by atoms with van der Waals surface area (Å²) in [6.45, 7) is 1.95. The maximum atomic E-state index is 12.3. The average Bonchev–Trinajstić information content (AvgIpc) is 2.59. The standard InChI is InChI=1S/C19H21NO3/c1-13-5-12-18(22-3)16(19(13)23-4)10-11-17(21)14-6-8-15(20-2)9-7-14/h5-12,20H,1-4H3/b11-10+. The van der Waals surface area contributed by atoms with Gasteiger partial charge in [-0.1, -0.05) is 6.07 Å². The van der Waals surface area contributed by atoms with E-state index in [4.69, 9.17) is 9.47 Å². The molecule has 2 rings (SSSR count). The Kier molecular flexibility index (Phi) is 5.41. The number of rotatable bonds is 6. The lowest BCUT2D eigenvalue weighted by molar-refractivity contribution is 0.104. The van der Waals surface area contributed by atoms with Gasteiger partial charge in [-0.2, -0.15) is 0 Å². The number of carbonyl (C=O) groups excluding carboxylic acids is 1. The van der Waals surface area contributed by atoms with Crippen LogP contribution in [0.15, 0.2) is 42.5 Å². The predicted molar refractivity (Wildman–Crippen MR) is 93.6 cm³/mol. The summed E-state index contributed by atoms with van der Waals surface area (Å²) >= 11 is 0. The number of carbonyl (C=O) groups is 1. The highest BCUT2D eigenvalue weighted by Gasteiger charge is 2.11. The summed E-state index contributed by atoms with van der Waals surface area (Å²) in [5.41, 5.74) is 3.34. The van der Waals surface area contributed by atoms with E-state index >= 15 is 0 Å². The van der Waals surface area contributed by atoms with Gasteiger partial charge in [0.05, 0.1) is 19.8 Å². The number of anilines is 1. The summed E-state index contributed by atoms with van der Waals surface area (Å²) in [5.74, 6) is 1.30. The average molecular weight is 311 g/mol. The largest absolute Gasteiger partial charge is 0.496 e. The molecule has 0 aromatic heterocycles. The number of nitrogens with one attached hydrogen (secondary N) is 1. The normalized spacial score (nSPS) is 10.6. The van der Waals surface area contributed by atoms with Gasteiger partial charge in [-0.3, -0.25) is 4.79 Å². The zero-order valence-electron chi connectivity index (χ0n) is 13.8. The number of aryl methyl sites for hydroxylation is 1. The van der Waals surface area contributed by atoms with Crippen molar-refractivity contribution in [3.8, 4) is 11.5 Å². The molecule has 0 saturated heterocycles. The highest BCUT2D eigenvalue weighted by Crippen LogP contribution is 2.33. The van der Waals surface area contributed by atoms with Gasteiger partial charge >= 0.3 is 0 Å². The molecule has 0 spiro atoms. The number of hydrogen-bond acceptors (Lipinski definition) is 4. The third kappa shape index (κ3) is 3.72. The van der Waals surface area contributed by atoms with E-state index in [1.807, 2.05) is 38.2 Å². The molecule has 4 heteroatoms. The molecule has 1 N–H and O–H groups in total. The van der Waals surface area contributed by atoms with Crippen LogP contribution in [0.3, 0.4) is 0 Å². The first kappa shape index (κ1) is 16.6. The van der Waals surface area contributed by atoms with Crippen molar-refractivity contribution in [2.75, 3.05) is 26.6 Å². The van der Waals surface area contributed by atoms with Crippen molar-refractivity contribution in [1.29, 1.82) is 0 Å². The number of hydrogen-bond donors (Lipinski definition) is 1. The van der Waals surface area contributed by atoms with Crippen molar-refractivity contribution < 1.29 is 14.3 Å². The van der Waals surface area contributed by atoms with Gasteiger partial charge < -0.3 is 14.8 Å². The van der Waals surface area contributed by atoms with Crippen LogP contribution < -0.4 is 14.8 Å². The molecule has 120 valence electrons. The van der Waals surface area contributed by atoms with E-state index in [1.54, 1.807) is 32.4 Å². The van der Waals surface area contributed by atoms with Crippen LogP contribution >= 0.6 is 0 Å². The van der Waals surface area contributed by atoms with E-state index in [2.05, 4.69) is 5.32 Å². The Labute approximate surface area is 136 Å². The van der Waals surface area contributed by atoms with Crippen LogP contribution in [0.1, 0.15) is 21.5 Å². The Morgan fingerprint density at radius 3 is 2.30 bits per heavy atom. The Bertz CT molecular complexity index is 718. The van der Waals surface area contributed by atoms with Crippen molar-refractivity contribution >= 4 is 17.5 Å². The Balaban J connectivity index is 2.31. The molecule has 0 atom stereocenters. The highest BCUT2D eigenvalue weighted by molar-refractivity contribution is 6.07. The monoisotopic (exact) mass is 311 g/mol. The zero-order chi connectivity index (χ0) is 16.8. The van der Waals surface area contributed by atoms with Gasteiger partial charge in [0.1, 0.15) is 11.5 Å². The second-order valence-corrected chi connectivity index (χ2v) is 5.06. The van der Waals surface area contributed by atoms with Gasteiger partial charge in [0, 0.05) is 18.3 Å². The fraction of sp³-hybridized carbons (Fsp3) is 0.211. The van der Waals surface area contributed by atoms with Crippen molar-refractivity contribution in [2.45, 2.75) is 6.92 Å². The number of benzene rings is 2. The highest BCUT2D eigenvalue weighted by atomic mass is 16.5. The molecule has 23 heavy (non-hydrogen) atoms.